The van der Waals surface area contributed by atoms with Gasteiger partial charge in [-0.1, -0.05) is 0 Å². The summed E-state index contributed by atoms with van der Waals surface area (Å²) in [7, 11) is 1.39. The molecule has 2 aromatic rings. The molecule has 1 aliphatic heterocycles. The van der Waals surface area contributed by atoms with Crippen LogP contribution in [0.4, 0.5) is 15.8 Å². The van der Waals surface area contributed by atoms with E-state index in [1.807, 2.05) is 0 Å². The van der Waals surface area contributed by atoms with E-state index in [1.54, 1.807) is 4.90 Å². The molecule has 0 bridgehead atoms. The summed E-state index contributed by atoms with van der Waals surface area (Å²) in [5, 5.41) is 9.32. The molecule has 1 atom stereocenters. The van der Waals surface area contributed by atoms with Crippen molar-refractivity contribution in [2.24, 2.45) is 5.92 Å². The normalized spacial score (nSPS) is 20.1. The molecule has 26 heavy (non-hydrogen) atoms. The van der Waals surface area contributed by atoms with Gasteiger partial charge in [0.2, 0.25) is 0 Å². The summed E-state index contributed by atoms with van der Waals surface area (Å²) in [4.78, 5) is 28.7. The number of hydrogen-bond acceptors (Lipinski definition) is 6. The zero-order chi connectivity index (χ0) is 18.6. The Morgan fingerprint density at radius 3 is 2.65 bits per heavy atom. The zero-order valence-electron chi connectivity index (χ0n) is 14.4. The first-order valence-electron chi connectivity index (χ1n) is 8.67. The molecule has 4 rings (SSSR count). The van der Waals surface area contributed by atoms with Gasteiger partial charge in [-0.3, -0.25) is 14.3 Å². The Morgan fingerprint density at radius 2 is 2.08 bits per heavy atom. The Labute approximate surface area is 148 Å². The second-order valence-corrected chi connectivity index (χ2v) is 6.98. The van der Waals surface area contributed by atoms with Gasteiger partial charge >= 0.3 is 5.69 Å². The lowest BCUT2D eigenvalue weighted by atomic mass is 10.1. The average molecular weight is 364 g/mol. The number of rotatable bonds is 4. The van der Waals surface area contributed by atoms with Crippen molar-refractivity contribution >= 4 is 22.3 Å². The van der Waals surface area contributed by atoms with Crippen molar-refractivity contribution in [2.45, 2.75) is 25.3 Å². The molecule has 1 aliphatic carbocycles. The lowest BCUT2D eigenvalue weighted by Crippen LogP contribution is -2.32. The van der Waals surface area contributed by atoms with Gasteiger partial charge in [0.25, 0.3) is 5.56 Å². The maximum Gasteiger partial charge on any atom is 0.329 e. The number of fused-ring (bicyclic) bond motifs is 1. The number of H-pyrrole nitrogens is 1. The molecule has 1 saturated heterocycles. The molecular formula is C17H21FN4O4. The van der Waals surface area contributed by atoms with Crippen molar-refractivity contribution in [1.82, 2.24) is 9.55 Å². The largest absolute Gasteiger partial charge is 0.492 e. The van der Waals surface area contributed by atoms with Crippen molar-refractivity contribution in [3.8, 4) is 5.75 Å². The molecule has 9 heteroatoms. The highest BCUT2D eigenvalue weighted by atomic mass is 19.1. The van der Waals surface area contributed by atoms with Gasteiger partial charge < -0.3 is 20.5 Å². The van der Waals surface area contributed by atoms with E-state index in [0.29, 0.717) is 19.5 Å². The fourth-order valence-electron chi connectivity index (χ4n) is 3.81. The molecule has 2 aliphatic rings. The van der Waals surface area contributed by atoms with Crippen LogP contribution in [0.15, 0.2) is 9.59 Å². The number of anilines is 2. The number of methoxy groups -OCH3 is 1. The minimum atomic E-state index is -0.737. The molecule has 2 heterocycles. The van der Waals surface area contributed by atoms with Gasteiger partial charge in [-0.2, -0.15) is 0 Å². The summed E-state index contributed by atoms with van der Waals surface area (Å²) in [5.41, 5.74) is 4.80. The van der Waals surface area contributed by atoms with Crippen LogP contribution in [0.1, 0.15) is 25.3 Å². The number of hydrogen-bond donors (Lipinski definition) is 3. The molecule has 0 spiro atoms. The molecule has 0 amide bonds. The second kappa shape index (κ2) is 6.01. The van der Waals surface area contributed by atoms with Crippen LogP contribution in [-0.2, 0) is 0 Å². The van der Waals surface area contributed by atoms with Gasteiger partial charge in [0.1, 0.15) is 11.2 Å². The summed E-state index contributed by atoms with van der Waals surface area (Å²) >= 11 is 0. The van der Waals surface area contributed by atoms with E-state index in [9.17, 15) is 14.7 Å². The fourth-order valence-corrected chi connectivity index (χ4v) is 3.81. The SMILES string of the molecule is COc1c(N2CCC(CO)C2)c(F)c(N)c2c(=O)[nH]c(=O)n(C3CC3)c12. The number of nitrogens with two attached hydrogens (primary N) is 1. The fraction of sp³-hybridized carbons (Fsp3) is 0.529. The van der Waals surface area contributed by atoms with Crippen molar-refractivity contribution in [3.05, 3.63) is 26.7 Å². The number of nitrogens with one attached hydrogen (secondary N) is 1. The molecule has 1 aromatic heterocycles. The number of halogens is 1. The summed E-state index contributed by atoms with van der Waals surface area (Å²) in [5.74, 6) is -0.569. The number of aliphatic hydroxyl groups is 1. The smallest absolute Gasteiger partial charge is 0.329 e. The van der Waals surface area contributed by atoms with Crippen molar-refractivity contribution in [1.29, 1.82) is 0 Å². The lowest BCUT2D eigenvalue weighted by molar-refractivity contribution is 0.238. The number of nitrogens with zero attached hydrogens (tertiary/aromatic N) is 2. The van der Waals surface area contributed by atoms with Gasteiger partial charge in [-0.25, -0.2) is 9.18 Å². The third-order valence-electron chi connectivity index (χ3n) is 5.26. The van der Waals surface area contributed by atoms with Crippen LogP contribution >= 0.6 is 0 Å². The molecule has 8 nitrogen and oxygen atoms in total. The first kappa shape index (κ1) is 16.9. The molecule has 2 fully saturated rings. The number of aliphatic hydroxyl groups excluding tert-OH is 1. The predicted octanol–water partition coefficient (Wildman–Crippen LogP) is 0.573. The Morgan fingerprint density at radius 1 is 1.35 bits per heavy atom. The van der Waals surface area contributed by atoms with Crippen LogP contribution in [-0.4, -0.2) is 41.5 Å². The first-order chi connectivity index (χ1) is 12.5. The monoisotopic (exact) mass is 364 g/mol. The Balaban J connectivity index is 2.07. The van der Waals surface area contributed by atoms with Gasteiger partial charge in [0.15, 0.2) is 11.6 Å². The molecule has 1 unspecified atom stereocenters. The summed E-state index contributed by atoms with van der Waals surface area (Å²) < 4.78 is 22.1. The third-order valence-corrected chi connectivity index (χ3v) is 5.26. The van der Waals surface area contributed by atoms with Crippen molar-refractivity contribution < 1.29 is 14.2 Å². The zero-order valence-corrected chi connectivity index (χ0v) is 14.4. The van der Waals surface area contributed by atoms with Crippen LogP contribution in [0, 0.1) is 11.7 Å². The van der Waals surface area contributed by atoms with Crippen LogP contribution in [0.5, 0.6) is 5.75 Å². The summed E-state index contributed by atoms with van der Waals surface area (Å²) in [6, 6.07) is -0.0581. The summed E-state index contributed by atoms with van der Waals surface area (Å²) in [6.45, 7) is 0.988. The highest BCUT2D eigenvalue weighted by Crippen LogP contribution is 2.45. The molecule has 1 aromatic carbocycles. The standard InChI is InChI=1S/C17H21FN4O4/c1-26-15-13-10(16(24)20-17(25)22(13)9-2-3-9)12(19)11(18)14(15)21-5-4-8(6-21)7-23/h8-9,23H,2-7,19H2,1H3,(H,20,24,25). The number of benzene rings is 1. The van der Waals surface area contributed by atoms with E-state index in [1.165, 1.54) is 11.7 Å². The molecule has 0 radical (unpaired) electrons. The van der Waals surface area contributed by atoms with E-state index in [-0.39, 0.29) is 46.6 Å². The van der Waals surface area contributed by atoms with Crippen LogP contribution < -0.4 is 26.6 Å². The predicted molar refractivity (Wildman–Crippen MR) is 95.4 cm³/mol. The Kier molecular flexibility index (Phi) is 3.91. The third kappa shape index (κ3) is 2.38. The molecule has 140 valence electrons. The van der Waals surface area contributed by atoms with Gasteiger partial charge in [0, 0.05) is 31.7 Å². The van der Waals surface area contributed by atoms with Gasteiger partial charge in [-0.15, -0.1) is 0 Å². The number of aromatic nitrogens is 2. The Hall–Kier alpha value is -2.55. The van der Waals surface area contributed by atoms with E-state index < -0.39 is 17.1 Å². The lowest BCUT2D eigenvalue weighted by Gasteiger charge is -2.25. The van der Waals surface area contributed by atoms with E-state index >= 15 is 4.39 Å². The minimum Gasteiger partial charge on any atom is -0.492 e. The van der Waals surface area contributed by atoms with Crippen LogP contribution in [0.25, 0.3) is 10.9 Å². The van der Waals surface area contributed by atoms with E-state index in [4.69, 9.17) is 10.5 Å². The maximum absolute atomic E-state index is 15.1. The van der Waals surface area contributed by atoms with E-state index in [0.717, 1.165) is 12.8 Å². The van der Waals surface area contributed by atoms with Crippen LogP contribution in [0.2, 0.25) is 0 Å². The van der Waals surface area contributed by atoms with E-state index in [2.05, 4.69) is 4.98 Å². The minimum absolute atomic E-state index is 0.00987. The van der Waals surface area contributed by atoms with Crippen molar-refractivity contribution in [2.75, 3.05) is 37.4 Å². The number of nitrogen functional groups attached to an aromatic ring is 1. The molecular weight excluding hydrogens is 343 g/mol. The topological polar surface area (TPSA) is 114 Å². The number of ether oxygens (including phenoxy) is 1. The van der Waals surface area contributed by atoms with Gasteiger partial charge in [0.05, 0.1) is 18.2 Å². The first-order valence-corrected chi connectivity index (χ1v) is 8.67. The molecule has 1 saturated carbocycles. The Bertz CT molecular complexity index is 995. The van der Waals surface area contributed by atoms with Crippen molar-refractivity contribution in [3.63, 3.8) is 0 Å². The molecule has 4 N–H and O–H groups in total. The summed E-state index contributed by atoms with van der Waals surface area (Å²) in [6.07, 6.45) is 2.31. The quantitative estimate of drug-likeness (QED) is 0.684. The number of aromatic amines is 1. The van der Waals surface area contributed by atoms with Crippen LogP contribution in [0.3, 0.4) is 0 Å². The second-order valence-electron chi connectivity index (χ2n) is 6.98. The highest BCUT2D eigenvalue weighted by Gasteiger charge is 2.34. The highest BCUT2D eigenvalue weighted by molar-refractivity contribution is 5.99. The average Bonchev–Trinajstić information content (AvgIpc) is 3.33. The van der Waals surface area contributed by atoms with Gasteiger partial charge in [-0.05, 0) is 19.3 Å². The maximum atomic E-state index is 15.1.